The van der Waals surface area contributed by atoms with Gasteiger partial charge in [-0.15, -0.1) is 10.2 Å². The van der Waals surface area contributed by atoms with E-state index < -0.39 is 17.4 Å². The van der Waals surface area contributed by atoms with Gasteiger partial charge in [0.1, 0.15) is 18.4 Å². The molecule has 1 heterocycles. The van der Waals surface area contributed by atoms with E-state index in [9.17, 15) is 14.0 Å². The summed E-state index contributed by atoms with van der Waals surface area (Å²) >= 11 is 0. The van der Waals surface area contributed by atoms with Crippen LogP contribution in [0.25, 0.3) is 11.4 Å². The lowest BCUT2D eigenvalue weighted by atomic mass is 9.98. The van der Waals surface area contributed by atoms with Gasteiger partial charge in [-0.05, 0) is 69.5 Å². The molecule has 2 amide bonds. The van der Waals surface area contributed by atoms with Gasteiger partial charge in [0.2, 0.25) is 11.7 Å². The van der Waals surface area contributed by atoms with Crippen LogP contribution in [0.5, 0.6) is 0 Å². The van der Waals surface area contributed by atoms with Crippen LogP contribution in [0.4, 0.5) is 10.1 Å². The molecule has 0 spiro atoms. The van der Waals surface area contributed by atoms with Crippen LogP contribution in [0.2, 0.25) is 0 Å². The van der Waals surface area contributed by atoms with E-state index in [1.165, 1.54) is 11.0 Å². The molecule has 0 saturated carbocycles. The van der Waals surface area contributed by atoms with Crippen LogP contribution < -0.4 is 10.2 Å². The summed E-state index contributed by atoms with van der Waals surface area (Å²) in [5, 5.41) is 15.1. The molecule has 2 aromatic carbocycles. The Morgan fingerprint density at radius 2 is 1.74 bits per heavy atom. The first-order chi connectivity index (χ1) is 16.4. The zero-order valence-electron chi connectivity index (χ0n) is 21.1. The van der Waals surface area contributed by atoms with E-state index in [4.69, 9.17) is 0 Å². The van der Waals surface area contributed by atoms with Crippen LogP contribution in [-0.4, -0.2) is 43.6 Å². The third kappa shape index (κ3) is 6.94. The highest BCUT2D eigenvalue weighted by Gasteiger charge is 2.34. The molecule has 1 aromatic heterocycles. The Kier molecular flexibility index (Phi) is 7.99. The fourth-order valence-electron chi connectivity index (χ4n) is 3.69. The Balaban J connectivity index is 1.95. The molecular formula is C26H33FN6O2. The summed E-state index contributed by atoms with van der Waals surface area (Å²) in [5.74, 6) is -0.846. The lowest BCUT2D eigenvalue weighted by molar-refractivity contribution is -0.128. The molecule has 0 fully saturated rings. The molecule has 1 atom stereocenters. The van der Waals surface area contributed by atoms with Gasteiger partial charge in [-0.1, -0.05) is 43.7 Å². The zero-order valence-corrected chi connectivity index (χ0v) is 21.1. The van der Waals surface area contributed by atoms with Crippen molar-refractivity contribution in [2.24, 2.45) is 5.92 Å². The number of rotatable bonds is 8. The van der Waals surface area contributed by atoms with E-state index in [1.807, 2.05) is 65.8 Å². The van der Waals surface area contributed by atoms with Crippen LogP contribution in [0.3, 0.4) is 0 Å². The van der Waals surface area contributed by atoms with Crippen LogP contribution in [-0.2, 0) is 16.1 Å². The highest BCUT2D eigenvalue weighted by molar-refractivity contribution is 6.00. The number of hydrogen-bond acceptors (Lipinski definition) is 5. The van der Waals surface area contributed by atoms with Crippen molar-refractivity contribution in [2.45, 2.75) is 66.1 Å². The van der Waals surface area contributed by atoms with Crippen LogP contribution in [0, 0.1) is 18.7 Å². The van der Waals surface area contributed by atoms with Gasteiger partial charge in [0.25, 0.3) is 5.91 Å². The second kappa shape index (κ2) is 10.8. The minimum atomic E-state index is -0.737. The maximum atomic E-state index is 14.1. The number of aromatic nitrogens is 4. The monoisotopic (exact) mass is 480 g/mol. The first-order valence-corrected chi connectivity index (χ1v) is 11.7. The fraction of sp³-hybridized carbons (Fsp3) is 0.423. The minimum absolute atomic E-state index is 0.0852. The Labute approximate surface area is 205 Å². The molecule has 0 radical (unpaired) electrons. The number of nitrogens with zero attached hydrogens (tertiary/aromatic N) is 5. The Morgan fingerprint density at radius 3 is 2.34 bits per heavy atom. The summed E-state index contributed by atoms with van der Waals surface area (Å²) in [5.41, 5.74) is 1.37. The summed E-state index contributed by atoms with van der Waals surface area (Å²) in [6.07, 6.45) is 0.465. The molecule has 35 heavy (non-hydrogen) atoms. The van der Waals surface area contributed by atoms with Crippen molar-refractivity contribution < 1.29 is 14.0 Å². The van der Waals surface area contributed by atoms with Crippen LogP contribution >= 0.6 is 0 Å². The first-order valence-electron chi connectivity index (χ1n) is 11.7. The summed E-state index contributed by atoms with van der Waals surface area (Å²) in [6.45, 7) is 11.4. The van der Waals surface area contributed by atoms with E-state index in [0.29, 0.717) is 12.1 Å². The quantitative estimate of drug-likeness (QED) is 0.523. The Bertz CT molecular complexity index is 1170. The third-order valence-electron chi connectivity index (χ3n) is 5.23. The number of nitrogens with one attached hydrogen (secondary N) is 1. The number of hydrogen-bond donors (Lipinski definition) is 1. The summed E-state index contributed by atoms with van der Waals surface area (Å²) in [7, 11) is 0. The molecule has 0 saturated heterocycles. The summed E-state index contributed by atoms with van der Waals surface area (Å²) < 4.78 is 14.1. The normalized spacial score (nSPS) is 12.5. The lowest BCUT2D eigenvalue weighted by Crippen LogP contribution is -2.55. The van der Waals surface area contributed by atoms with Gasteiger partial charge in [-0.3, -0.25) is 14.5 Å². The molecule has 0 aliphatic carbocycles. The molecule has 8 nitrogen and oxygen atoms in total. The molecule has 0 bridgehead atoms. The van der Waals surface area contributed by atoms with Crippen molar-refractivity contribution in [2.75, 3.05) is 4.90 Å². The van der Waals surface area contributed by atoms with Gasteiger partial charge >= 0.3 is 0 Å². The van der Waals surface area contributed by atoms with Gasteiger partial charge in [0.05, 0.1) is 5.56 Å². The lowest BCUT2D eigenvalue weighted by Gasteiger charge is -2.34. The van der Waals surface area contributed by atoms with Crippen LogP contribution in [0.1, 0.15) is 46.6 Å². The molecule has 0 aliphatic rings. The van der Waals surface area contributed by atoms with E-state index in [-0.39, 0.29) is 35.7 Å². The number of amides is 2. The first kappa shape index (κ1) is 26.0. The number of benzene rings is 2. The second-order valence-corrected chi connectivity index (χ2v) is 10.1. The van der Waals surface area contributed by atoms with E-state index >= 15 is 0 Å². The van der Waals surface area contributed by atoms with Crippen molar-refractivity contribution in [1.29, 1.82) is 0 Å². The van der Waals surface area contributed by atoms with Gasteiger partial charge in [-0.25, -0.2) is 4.39 Å². The second-order valence-electron chi connectivity index (χ2n) is 10.1. The molecule has 0 unspecified atom stereocenters. The number of aryl methyl sites for hydroxylation is 1. The van der Waals surface area contributed by atoms with Gasteiger partial charge < -0.3 is 5.32 Å². The molecule has 3 rings (SSSR count). The molecular weight excluding hydrogens is 447 g/mol. The van der Waals surface area contributed by atoms with Crippen molar-refractivity contribution in [3.63, 3.8) is 0 Å². The van der Waals surface area contributed by atoms with Crippen LogP contribution in [0.15, 0.2) is 48.5 Å². The van der Waals surface area contributed by atoms with Crippen molar-refractivity contribution in [3.05, 3.63) is 59.9 Å². The Hall–Kier alpha value is -3.62. The summed E-state index contributed by atoms with van der Waals surface area (Å²) in [6, 6.07) is 12.8. The molecule has 1 N–H and O–H groups in total. The summed E-state index contributed by atoms with van der Waals surface area (Å²) in [4.78, 5) is 29.6. The highest BCUT2D eigenvalue weighted by atomic mass is 19.1. The van der Waals surface area contributed by atoms with E-state index in [0.717, 1.165) is 10.4 Å². The topological polar surface area (TPSA) is 93.0 Å². The average molecular weight is 481 g/mol. The predicted molar refractivity (Wildman–Crippen MR) is 133 cm³/mol. The molecule has 0 aliphatic heterocycles. The van der Waals surface area contributed by atoms with Crippen molar-refractivity contribution >= 4 is 17.5 Å². The standard InChI is InChI=1S/C26H33FN6O2/c1-17(2)15-22(25(35)28-26(4,5)6)33(19-13-11-18(3)12-14-19)23(34)16-32-30-24(29-31-32)20-9-7-8-10-21(20)27/h7-14,17,22H,15-16H2,1-6H3,(H,28,35)/t22-/m0/s1. The fourth-order valence-corrected chi connectivity index (χ4v) is 3.69. The molecule has 3 aromatic rings. The average Bonchev–Trinajstić information content (AvgIpc) is 3.21. The predicted octanol–water partition coefficient (Wildman–Crippen LogP) is 4.15. The highest BCUT2D eigenvalue weighted by Crippen LogP contribution is 2.24. The van der Waals surface area contributed by atoms with Gasteiger partial charge in [0.15, 0.2) is 0 Å². The molecule has 9 heteroatoms. The number of carbonyl (C=O) groups excluding carboxylic acids is 2. The number of carbonyl (C=O) groups is 2. The maximum absolute atomic E-state index is 14.1. The Morgan fingerprint density at radius 1 is 1.09 bits per heavy atom. The van der Waals surface area contributed by atoms with E-state index in [1.54, 1.807) is 18.2 Å². The van der Waals surface area contributed by atoms with Crippen molar-refractivity contribution in [1.82, 2.24) is 25.5 Å². The SMILES string of the molecule is Cc1ccc(N(C(=O)Cn2nnc(-c3ccccc3F)n2)[C@@H](CC(C)C)C(=O)NC(C)(C)C)cc1. The van der Waals surface area contributed by atoms with Gasteiger partial charge in [0, 0.05) is 11.2 Å². The smallest absolute Gasteiger partial charge is 0.251 e. The number of anilines is 1. The number of halogens is 1. The van der Waals surface area contributed by atoms with E-state index in [2.05, 4.69) is 20.7 Å². The maximum Gasteiger partial charge on any atom is 0.251 e. The third-order valence-corrected chi connectivity index (χ3v) is 5.23. The largest absolute Gasteiger partial charge is 0.350 e. The van der Waals surface area contributed by atoms with Crippen molar-refractivity contribution in [3.8, 4) is 11.4 Å². The molecule has 186 valence electrons. The minimum Gasteiger partial charge on any atom is -0.350 e. The van der Waals surface area contributed by atoms with Gasteiger partial charge in [-0.2, -0.15) is 4.80 Å². The zero-order chi connectivity index (χ0) is 25.8. The number of tetrazole rings is 1.